The highest BCUT2D eigenvalue weighted by Gasteiger charge is 2.53. The van der Waals surface area contributed by atoms with E-state index in [9.17, 15) is 4.80 Å². The lowest BCUT2D eigenvalue weighted by Crippen LogP contribution is -2.62. The fourth-order valence-electron chi connectivity index (χ4n) is 2.49. The molecule has 0 heterocycles. The summed E-state index contributed by atoms with van der Waals surface area (Å²) >= 11 is 0. The van der Waals surface area contributed by atoms with E-state index in [1.807, 2.05) is 45.8 Å². The van der Waals surface area contributed by atoms with Gasteiger partial charge < -0.3 is 33.6 Å². The minimum atomic E-state index is -3.34. The average Bonchev–Trinajstić information content (AvgIpc) is 2.36. The summed E-state index contributed by atoms with van der Waals surface area (Å²) in [6.45, 7) is 35.7. The van der Waals surface area contributed by atoms with E-state index in [1.165, 1.54) is 0 Å². The largest absolute Gasteiger partial charge is 0.644 e. The number of rotatable bonds is 14. The first kappa shape index (κ1) is 41.2. The molecule has 0 aromatic heterocycles. The van der Waals surface area contributed by atoms with E-state index >= 15 is 0 Å². The van der Waals surface area contributed by atoms with Crippen LogP contribution >= 0.6 is 0 Å². The van der Waals surface area contributed by atoms with Gasteiger partial charge >= 0.3 is 18.1 Å². The van der Waals surface area contributed by atoms with Gasteiger partial charge in [0.05, 0.1) is 0 Å². The van der Waals surface area contributed by atoms with Gasteiger partial charge in [-0.3, -0.25) is 0 Å². The Kier molecular flexibility index (Phi) is 18.2. The van der Waals surface area contributed by atoms with E-state index in [0.29, 0.717) is 0 Å². The minimum absolute atomic E-state index is 0. The third kappa shape index (κ3) is 25.7. The molecular weight excluding hydrogens is 596 g/mol. The fourth-order valence-corrected chi connectivity index (χ4v) is 26.5. The molecule has 0 aromatic rings. The van der Waals surface area contributed by atoms with Crippen molar-refractivity contribution in [3.63, 3.8) is 0 Å². The van der Waals surface area contributed by atoms with Gasteiger partial charge in [-0.2, -0.15) is 0 Å². The molecule has 0 unspecified atom stereocenters. The Morgan fingerprint density at radius 2 is 0.657 bits per heavy atom. The van der Waals surface area contributed by atoms with E-state index < -0.39 is 79.2 Å². The van der Waals surface area contributed by atoms with Gasteiger partial charge in [-0.1, -0.05) is 13.1 Å². The highest BCUT2D eigenvalue weighted by Crippen LogP contribution is 2.26. The first-order valence-electron chi connectivity index (χ1n) is 12.2. The van der Waals surface area contributed by atoms with E-state index in [-0.39, 0.29) is 8.41 Å². The summed E-state index contributed by atoms with van der Waals surface area (Å²) in [6, 6.07) is 0. The summed E-state index contributed by atoms with van der Waals surface area (Å²) in [5.41, 5.74) is 0. The Hall–Kier alpha value is 1.70. The standard InChI is InChI=1S/C10H32O4Si5.C7H24O4Si4.B/c1-15-11-19(12-16(2,3)4,13-17(5,6)7)14-18(8,9)10;1-12-9-15(8,10-13(2,3)4)11-14(5,6)7;/h15H2,1-10H3;8H,12H2,1-7H3;. The van der Waals surface area contributed by atoms with Crippen molar-refractivity contribution in [3.8, 4) is 0 Å². The SMILES string of the molecule is C[SiH2]O[Si](O)(O[Si](C)(C)C)O[Si](C)(C)C.C[SiH2]O[Si](O[Si](C)(C)C)(O[Si](C)(C)C)O[Si](C)(C)C.[B]. The summed E-state index contributed by atoms with van der Waals surface area (Å²) in [6.07, 6.45) is 0. The molecule has 0 saturated heterocycles. The summed E-state index contributed by atoms with van der Waals surface area (Å²) < 4.78 is 41.9. The fraction of sp³-hybridized carbons (Fsp3) is 1.00. The van der Waals surface area contributed by atoms with E-state index in [2.05, 4.69) is 65.5 Å². The third-order valence-electron chi connectivity index (χ3n) is 2.81. The second kappa shape index (κ2) is 15.5. The maximum absolute atomic E-state index is 10.3. The quantitative estimate of drug-likeness (QED) is 0.282. The van der Waals surface area contributed by atoms with Crippen LogP contribution in [0.15, 0.2) is 0 Å². The molecular formula is C17H56BO8Si9. The van der Waals surface area contributed by atoms with Gasteiger partial charge in [0.15, 0.2) is 61.1 Å². The second-order valence-corrected chi connectivity index (χ2v) is 43.7. The number of hydrogen-bond acceptors (Lipinski definition) is 8. The van der Waals surface area contributed by atoms with Crippen molar-refractivity contribution in [3.05, 3.63) is 0 Å². The van der Waals surface area contributed by atoms with Crippen molar-refractivity contribution in [2.75, 3.05) is 0 Å². The maximum Gasteiger partial charge on any atom is 0.644 e. The Labute approximate surface area is 231 Å². The topological polar surface area (TPSA) is 84.8 Å². The van der Waals surface area contributed by atoms with Crippen LogP contribution in [0.25, 0.3) is 0 Å². The Bertz CT molecular complexity index is 528. The second-order valence-electron chi connectivity index (χ2n) is 13.0. The molecule has 0 spiro atoms. The van der Waals surface area contributed by atoms with Crippen molar-refractivity contribution < 1.29 is 33.6 Å². The highest BCUT2D eigenvalue weighted by molar-refractivity contribution is 6.89. The van der Waals surface area contributed by atoms with Crippen molar-refractivity contribution in [1.29, 1.82) is 0 Å². The monoisotopic (exact) mass is 651 g/mol. The first-order valence-corrected chi connectivity index (χ1v) is 36.5. The molecule has 0 amide bonds. The lowest BCUT2D eigenvalue weighted by molar-refractivity contribution is 0.147. The van der Waals surface area contributed by atoms with Crippen LogP contribution in [0.4, 0.5) is 0 Å². The summed E-state index contributed by atoms with van der Waals surface area (Å²) in [7, 11) is -16.6. The zero-order valence-electron chi connectivity index (χ0n) is 25.8. The van der Waals surface area contributed by atoms with Gasteiger partial charge in [0.25, 0.3) is 0 Å². The van der Waals surface area contributed by atoms with Crippen LogP contribution in [0.1, 0.15) is 0 Å². The molecule has 0 aliphatic rings. The molecule has 1 N–H and O–H groups in total. The van der Waals surface area contributed by atoms with Crippen LogP contribution in [-0.4, -0.2) is 92.4 Å². The molecule has 3 radical (unpaired) electrons. The number of hydrogen-bond donors (Lipinski definition) is 1. The third-order valence-corrected chi connectivity index (χ3v) is 25.3. The molecule has 0 aromatic carbocycles. The molecule has 211 valence electrons. The Morgan fingerprint density at radius 3 is 0.829 bits per heavy atom. The molecule has 35 heavy (non-hydrogen) atoms. The lowest BCUT2D eigenvalue weighted by Gasteiger charge is -2.41. The van der Waals surface area contributed by atoms with Crippen LogP contribution in [-0.2, 0) is 28.8 Å². The summed E-state index contributed by atoms with van der Waals surface area (Å²) in [4.78, 5) is 10.3. The molecule has 0 bridgehead atoms. The van der Waals surface area contributed by atoms with Gasteiger partial charge in [-0.05, 0) is 98.2 Å². The molecule has 0 aliphatic carbocycles. The summed E-state index contributed by atoms with van der Waals surface area (Å²) in [5, 5.41) is 0. The zero-order valence-corrected chi connectivity index (χ0v) is 35.6. The molecule has 8 nitrogen and oxygen atoms in total. The minimum Gasteiger partial charge on any atom is -0.402 e. The van der Waals surface area contributed by atoms with Crippen molar-refractivity contribution in [2.45, 2.75) is 111 Å². The Morgan fingerprint density at radius 1 is 0.429 bits per heavy atom. The molecule has 18 heteroatoms. The average molecular weight is 652 g/mol. The van der Waals surface area contributed by atoms with Crippen LogP contribution in [0.5, 0.6) is 0 Å². The Balaban J connectivity index is -0.000000584. The predicted molar refractivity (Wildman–Crippen MR) is 173 cm³/mol. The van der Waals surface area contributed by atoms with Crippen LogP contribution in [0.2, 0.25) is 111 Å². The lowest BCUT2D eigenvalue weighted by atomic mass is 10.8. The molecule has 0 atom stereocenters. The van der Waals surface area contributed by atoms with Gasteiger partial charge in [-0.15, -0.1) is 0 Å². The highest BCUT2D eigenvalue weighted by atomic mass is 28.5. The van der Waals surface area contributed by atoms with Gasteiger partial charge in [-0.25, -0.2) is 0 Å². The van der Waals surface area contributed by atoms with E-state index in [1.54, 1.807) is 0 Å². The van der Waals surface area contributed by atoms with E-state index in [0.717, 1.165) is 0 Å². The van der Waals surface area contributed by atoms with E-state index in [4.69, 9.17) is 28.8 Å². The molecule has 0 fully saturated rings. The summed E-state index contributed by atoms with van der Waals surface area (Å²) in [5.74, 6) is 0. The molecule has 0 rings (SSSR count). The van der Waals surface area contributed by atoms with Crippen molar-refractivity contribution in [2.24, 2.45) is 0 Å². The maximum atomic E-state index is 10.3. The zero-order chi connectivity index (χ0) is 27.9. The van der Waals surface area contributed by atoms with Crippen molar-refractivity contribution >= 4 is 87.6 Å². The predicted octanol–water partition coefficient (Wildman–Crippen LogP) is 4.01. The van der Waals surface area contributed by atoms with Gasteiger partial charge in [0.1, 0.15) is 0 Å². The van der Waals surface area contributed by atoms with Crippen LogP contribution < -0.4 is 0 Å². The van der Waals surface area contributed by atoms with Crippen LogP contribution in [0.3, 0.4) is 0 Å². The van der Waals surface area contributed by atoms with Gasteiger partial charge in [0, 0.05) is 8.41 Å². The van der Waals surface area contributed by atoms with Gasteiger partial charge in [0.2, 0.25) is 0 Å². The molecule has 0 saturated carbocycles. The smallest absolute Gasteiger partial charge is 0.402 e. The first-order chi connectivity index (χ1) is 14.7. The van der Waals surface area contributed by atoms with Crippen LogP contribution in [0, 0.1) is 0 Å². The molecule has 0 aliphatic heterocycles. The van der Waals surface area contributed by atoms with Crippen molar-refractivity contribution in [1.82, 2.24) is 0 Å². The normalized spacial score (nSPS) is 14.9.